The van der Waals surface area contributed by atoms with Crippen LogP contribution in [0.3, 0.4) is 0 Å². The van der Waals surface area contributed by atoms with Crippen LogP contribution in [0.4, 0.5) is 4.39 Å². The first-order valence-electron chi connectivity index (χ1n) is 7.40. The fraction of sp³-hybridized carbons (Fsp3) is 0.235. The van der Waals surface area contributed by atoms with Gasteiger partial charge in [-0.1, -0.05) is 18.2 Å². The van der Waals surface area contributed by atoms with Gasteiger partial charge in [-0.3, -0.25) is 4.79 Å². The monoisotopic (exact) mass is 367 g/mol. The fourth-order valence-electron chi connectivity index (χ4n) is 1.95. The van der Waals surface area contributed by atoms with Gasteiger partial charge in [-0.15, -0.1) is 11.8 Å². The standard InChI is InChI=1S/C17H18FNO3S2/c18-14-6-8-16(9-7-14)24(21,22)13-10-17(20)19-11-12-23-15-4-2-1-3-5-15/h1-9H,10-13H2,(H,19,20). The molecule has 24 heavy (non-hydrogen) atoms. The van der Waals surface area contributed by atoms with E-state index in [0.29, 0.717) is 12.3 Å². The van der Waals surface area contributed by atoms with Gasteiger partial charge in [-0.25, -0.2) is 12.8 Å². The van der Waals surface area contributed by atoms with Crippen molar-refractivity contribution in [2.24, 2.45) is 0 Å². The SMILES string of the molecule is O=C(CCS(=O)(=O)c1ccc(F)cc1)NCCSc1ccccc1. The number of benzene rings is 2. The van der Waals surface area contributed by atoms with Gasteiger partial charge in [-0.05, 0) is 36.4 Å². The Balaban J connectivity index is 1.71. The summed E-state index contributed by atoms with van der Waals surface area (Å²) >= 11 is 1.62. The van der Waals surface area contributed by atoms with Crippen molar-refractivity contribution in [3.8, 4) is 0 Å². The highest BCUT2D eigenvalue weighted by atomic mass is 32.2. The molecule has 0 aliphatic carbocycles. The van der Waals surface area contributed by atoms with E-state index in [0.717, 1.165) is 17.0 Å². The number of sulfone groups is 1. The molecule has 128 valence electrons. The van der Waals surface area contributed by atoms with Crippen molar-refractivity contribution < 1.29 is 17.6 Å². The fourth-order valence-corrected chi connectivity index (χ4v) is 3.98. The van der Waals surface area contributed by atoms with Crippen molar-refractivity contribution in [1.29, 1.82) is 0 Å². The molecule has 1 amide bonds. The maximum Gasteiger partial charge on any atom is 0.221 e. The minimum absolute atomic E-state index is 0.0244. The molecule has 2 aromatic rings. The van der Waals surface area contributed by atoms with Gasteiger partial charge in [0.15, 0.2) is 9.84 Å². The van der Waals surface area contributed by atoms with E-state index in [9.17, 15) is 17.6 Å². The number of halogens is 1. The number of nitrogens with one attached hydrogen (secondary N) is 1. The van der Waals surface area contributed by atoms with Crippen LogP contribution in [0, 0.1) is 5.82 Å². The van der Waals surface area contributed by atoms with Gasteiger partial charge < -0.3 is 5.32 Å². The Morgan fingerprint density at radius 3 is 2.38 bits per heavy atom. The Morgan fingerprint density at radius 1 is 1.04 bits per heavy atom. The third-order valence-electron chi connectivity index (χ3n) is 3.21. The highest BCUT2D eigenvalue weighted by molar-refractivity contribution is 7.99. The van der Waals surface area contributed by atoms with E-state index in [4.69, 9.17) is 0 Å². The van der Waals surface area contributed by atoms with Gasteiger partial charge in [-0.2, -0.15) is 0 Å². The van der Waals surface area contributed by atoms with Crippen molar-refractivity contribution in [2.75, 3.05) is 18.1 Å². The van der Waals surface area contributed by atoms with Crippen LogP contribution in [0.25, 0.3) is 0 Å². The molecule has 4 nitrogen and oxygen atoms in total. The Morgan fingerprint density at radius 2 is 1.71 bits per heavy atom. The second-order valence-corrected chi connectivity index (χ2v) is 8.31. The maximum atomic E-state index is 12.8. The largest absolute Gasteiger partial charge is 0.355 e. The lowest BCUT2D eigenvalue weighted by atomic mass is 10.4. The number of amides is 1. The molecule has 0 aliphatic rings. The van der Waals surface area contributed by atoms with Crippen LogP contribution in [0.15, 0.2) is 64.4 Å². The van der Waals surface area contributed by atoms with E-state index in [-0.39, 0.29) is 23.0 Å². The predicted molar refractivity (Wildman–Crippen MR) is 93.2 cm³/mol. The molecule has 0 aliphatic heterocycles. The van der Waals surface area contributed by atoms with Crippen molar-refractivity contribution in [1.82, 2.24) is 5.32 Å². The Kier molecular flexibility index (Phi) is 6.81. The van der Waals surface area contributed by atoms with Crippen LogP contribution in [0.5, 0.6) is 0 Å². The summed E-state index contributed by atoms with van der Waals surface area (Å²) in [6.07, 6.45) is -0.115. The molecule has 1 N–H and O–H groups in total. The molecule has 0 aromatic heterocycles. The minimum Gasteiger partial charge on any atom is -0.355 e. The number of hydrogen-bond acceptors (Lipinski definition) is 4. The van der Waals surface area contributed by atoms with E-state index >= 15 is 0 Å². The lowest BCUT2D eigenvalue weighted by molar-refractivity contribution is -0.120. The van der Waals surface area contributed by atoms with E-state index in [2.05, 4.69) is 5.32 Å². The topological polar surface area (TPSA) is 63.2 Å². The highest BCUT2D eigenvalue weighted by Crippen LogP contribution is 2.16. The molecular formula is C17H18FNO3S2. The second kappa shape index (κ2) is 8.84. The number of hydrogen-bond donors (Lipinski definition) is 1. The summed E-state index contributed by atoms with van der Waals surface area (Å²) < 4.78 is 36.9. The molecule has 0 spiro atoms. The molecule has 7 heteroatoms. The summed E-state index contributed by atoms with van der Waals surface area (Å²) in [5, 5.41) is 2.70. The first-order chi connectivity index (χ1) is 11.5. The zero-order chi connectivity index (χ0) is 17.4. The lowest BCUT2D eigenvalue weighted by Crippen LogP contribution is -2.27. The van der Waals surface area contributed by atoms with Crippen LogP contribution in [-0.2, 0) is 14.6 Å². The van der Waals surface area contributed by atoms with Gasteiger partial charge in [0.05, 0.1) is 10.6 Å². The van der Waals surface area contributed by atoms with Crippen LogP contribution in [0.2, 0.25) is 0 Å². The molecule has 0 radical (unpaired) electrons. The van der Waals surface area contributed by atoms with Crippen LogP contribution < -0.4 is 5.32 Å². The second-order valence-electron chi connectivity index (χ2n) is 5.03. The smallest absolute Gasteiger partial charge is 0.221 e. The Labute approximate surface area is 145 Å². The molecule has 0 bridgehead atoms. The zero-order valence-electron chi connectivity index (χ0n) is 12.9. The quantitative estimate of drug-likeness (QED) is 0.443. The van der Waals surface area contributed by atoms with Crippen molar-refractivity contribution >= 4 is 27.5 Å². The highest BCUT2D eigenvalue weighted by Gasteiger charge is 2.16. The first kappa shape index (κ1) is 18.5. The number of thioether (sulfide) groups is 1. The normalized spacial score (nSPS) is 11.2. The van der Waals surface area contributed by atoms with Gasteiger partial charge in [0.1, 0.15) is 5.82 Å². The maximum absolute atomic E-state index is 12.8. The summed E-state index contributed by atoms with van der Waals surface area (Å²) in [6.45, 7) is 0.467. The summed E-state index contributed by atoms with van der Waals surface area (Å²) in [4.78, 5) is 12.9. The summed E-state index contributed by atoms with van der Waals surface area (Å²) in [6, 6.07) is 14.4. The third-order valence-corrected chi connectivity index (χ3v) is 5.95. The van der Waals surface area contributed by atoms with E-state index in [1.54, 1.807) is 11.8 Å². The van der Waals surface area contributed by atoms with Crippen LogP contribution in [-0.4, -0.2) is 32.4 Å². The average Bonchev–Trinajstić information content (AvgIpc) is 2.58. The van der Waals surface area contributed by atoms with Crippen LogP contribution >= 0.6 is 11.8 Å². The summed E-state index contributed by atoms with van der Waals surface area (Å²) in [7, 11) is -3.58. The molecule has 2 rings (SSSR count). The Hall–Kier alpha value is -1.86. The Bertz CT molecular complexity index is 762. The number of carbonyl (C=O) groups is 1. The van der Waals surface area contributed by atoms with E-state index < -0.39 is 15.7 Å². The lowest BCUT2D eigenvalue weighted by Gasteiger charge is -2.06. The summed E-state index contributed by atoms with van der Waals surface area (Å²) in [5.41, 5.74) is 0. The minimum atomic E-state index is -3.58. The molecule has 0 fully saturated rings. The summed E-state index contributed by atoms with van der Waals surface area (Å²) in [5.74, 6) is -0.395. The van der Waals surface area contributed by atoms with Gasteiger partial charge in [0, 0.05) is 23.6 Å². The van der Waals surface area contributed by atoms with Gasteiger partial charge >= 0.3 is 0 Å². The number of rotatable bonds is 8. The average molecular weight is 367 g/mol. The van der Waals surface area contributed by atoms with Crippen molar-refractivity contribution in [3.63, 3.8) is 0 Å². The van der Waals surface area contributed by atoms with E-state index in [1.165, 1.54) is 12.1 Å². The van der Waals surface area contributed by atoms with Gasteiger partial charge in [0.25, 0.3) is 0 Å². The molecule has 0 saturated carbocycles. The molecule has 2 aromatic carbocycles. The van der Waals surface area contributed by atoms with Gasteiger partial charge in [0.2, 0.25) is 5.91 Å². The molecule has 0 heterocycles. The molecule has 0 saturated heterocycles. The zero-order valence-corrected chi connectivity index (χ0v) is 14.6. The molecule has 0 atom stereocenters. The number of carbonyl (C=O) groups excluding carboxylic acids is 1. The van der Waals surface area contributed by atoms with E-state index in [1.807, 2.05) is 30.3 Å². The van der Waals surface area contributed by atoms with Crippen molar-refractivity contribution in [3.05, 3.63) is 60.4 Å². The third kappa shape index (κ3) is 5.98. The molecule has 0 unspecified atom stereocenters. The molecular weight excluding hydrogens is 349 g/mol. The van der Waals surface area contributed by atoms with Crippen molar-refractivity contribution in [2.45, 2.75) is 16.2 Å². The predicted octanol–water partition coefficient (Wildman–Crippen LogP) is 2.90. The first-order valence-corrected chi connectivity index (χ1v) is 10.0. The van der Waals surface area contributed by atoms with Crippen LogP contribution in [0.1, 0.15) is 6.42 Å².